The highest BCUT2D eigenvalue weighted by Crippen LogP contribution is 2.37. The fourth-order valence-corrected chi connectivity index (χ4v) is 5.67. The lowest BCUT2D eigenvalue weighted by atomic mass is 9.75. The van der Waals surface area contributed by atoms with Gasteiger partial charge in [0.2, 0.25) is 0 Å². The summed E-state index contributed by atoms with van der Waals surface area (Å²) in [5.74, 6) is 2.18. The van der Waals surface area contributed by atoms with Gasteiger partial charge in [-0.2, -0.15) is 0 Å². The summed E-state index contributed by atoms with van der Waals surface area (Å²) in [4.78, 5) is 30.4. The van der Waals surface area contributed by atoms with E-state index < -0.39 is 11.6 Å². The van der Waals surface area contributed by atoms with Gasteiger partial charge in [0.25, 0.3) is 5.91 Å². The number of carbonyl (C=O) groups is 2. The van der Waals surface area contributed by atoms with Crippen molar-refractivity contribution in [3.63, 3.8) is 0 Å². The second kappa shape index (κ2) is 10.4. The zero-order chi connectivity index (χ0) is 25.1. The molecule has 2 aromatic rings. The summed E-state index contributed by atoms with van der Waals surface area (Å²) < 4.78 is 17.3. The van der Waals surface area contributed by atoms with Gasteiger partial charge in [-0.15, -0.1) is 0 Å². The first-order chi connectivity index (χ1) is 17.5. The molecule has 5 rings (SSSR count). The molecule has 3 aliphatic rings. The molecule has 2 unspecified atom stereocenters. The summed E-state index contributed by atoms with van der Waals surface area (Å²) in [6.45, 7) is 7.76. The predicted octanol–water partition coefficient (Wildman–Crippen LogP) is 3.84. The molecule has 36 heavy (non-hydrogen) atoms. The first-order valence-corrected chi connectivity index (χ1v) is 13.0. The first kappa shape index (κ1) is 24.4. The highest BCUT2D eigenvalue weighted by Gasteiger charge is 2.55. The molecule has 2 atom stereocenters. The van der Waals surface area contributed by atoms with Gasteiger partial charge in [-0.1, -0.05) is 31.2 Å². The molecular formula is C28H35N3O5. The predicted molar refractivity (Wildman–Crippen MR) is 135 cm³/mol. The number of carbonyl (C=O) groups excluding carboxylic acids is 2. The minimum Gasteiger partial charge on any atom is -0.494 e. The molecule has 2 saturated heterocycles. The van der Waals surface area contributed by atoms with Crippen molar-refractivity contribution < 1.29 is 23.8 Å². The number of likely N-dealkylation sites (tertiary alicyclic amines) is 1. The van der Waals surface area contributed by atoms with Crippen LogP contribution >= 0.6 is 0 Å². The van der Waals surface area contributed by atoms with Crippen molar-refractivity contribution >= 4 is 11.9 Å². The second-order valence-corrected chi connectivity index (χ2v) is 9.80. The molecule has 0 spiro atoms. The number of para-hydroxylation sites is 2. The Morgan fingerprint density at radius 1 is 1.03 bits per heavy atom. The van der Waals surface area contributed by atoms with Crippen LogP contribution in [0.15, 0.2) is 48.5 Å². The van der Waals surface area contributed by atoms with Crippen LogP contribution in [0.3, 0.4) is 0 Å². The normalized spacial score (nSPS) is 24.6. The van der Waals surface area contributed by atoms with Crippen molar-refractivity contribution in [2.24, 2.45) is 5.92 Å². The van der Waals surface area contributed by atoms with Crippen molar-refractivity contribution in [2.75, 3.05) is 32.8 Å². The quantitative estimate of drug-likeness (QED) is 0.563. The maximum atomic E-state index is 13.7. The van der Waals surface area contributed by atoms with Gasteiger partial charge in [0.1, 0.15) is 17.9 Å². The third-order valence-corrected chi connectivity index (χ3v) is 7.64. The number of fused-ring (bicyclic) bond motifs is 1. The highest BCUT2D eigenvalue weighted by atomic mass is 16.6. The van der Waals surface area contributed by atoms with Gasteiger partial charge >= 0.3 is 6.03 Å². The summed E-state index contributed by atoms with van der Waals surface area (Å²) in [5, 5.41) is 3.09. The number of urea groups is 1. The fourth-order valence-electron chi connectivity index (χ4n) is 5.67. The number of hydrogen-bond acceptors (Lipinski definition) is 6. The molecule has 0 aliphatic carbocycles. The van der Waals surface area contributed by atoms with E-state index in [9.17, 15) is 9.59 Å². The highest BCUT2D eigenvalue weighted by molar-refractivity contribution is 6.07. The molecule has 0 saturated carbocycles. The van der Waals surface area contributed by atoms with Gasteiger partial charge < -0.3 is 19.5 Å². The van der Waals surface area contributed by atoms with Gasteiger partial charge in [-0.05, 0) is 75.0 Å². The van der Waals surface area contributed by atoms with Crippen molar-refractivity contribution in [2.45, 2.75) is 51.3 Å². The van der Waals surface area contributed by atoms with Crippen LogP contribution in [0.5, 0.6) is 17.2 Å². The van der Waals surface area contributed by atoms with Crippen LogP contribution in [0.2, 0.25) is 0 Å². The molecule has 2 fully saturated rings. The van der Waals surface area contributed by atoms with E-state index in [4.69, 9.17) is 14.2 Å². The van der Waals surface area contributed by atoms with Crippen LogP contribution in [0, 0.1) is 5.92 Å². The summed E-state index contributed by atoms with van der Waals surface area (Å²) in [7, 11) is 0. The zero-order valence-electron chi connectivity index (χ0n) is 21.1. The molecule has 3 heterocycles. The Balaban J connectivity index is 1.19. The van der Waals surface area contributed by atoms with E-state index in [1.807, 2.05) is 50.2 Å². The summed E-state index contributed by atoms with van der Waals surface area (Å²) in [5.41, 5.74) is 0.394. The molecule has 192 valence electrons. The van der Waals surface area contributed by atoms with E-state index in [1.54, 1.807) is 0 Å². The number of benzene rings is 2. The maximum absolute atomic E-state index is 13.7. The van der Waals surface area contributed by atoms with Crippen molar-refractivity contribution in [1.82, 2.24) is 15.1 Å². The van der Waals surface area contributed by atoms with Crippen molar-refractivity contribution in [3.05, 3.63) is 54.1 Å². The third kappa shape index (κ3) is 4.74. The van der Waals surface area contributed by atoms with Crippen molar-refractivity contribution in [3.8, 4) is 17.2 Å². The van der Waals surface area contributed by atoms with Crippen LogP contribution < -0.4 is 19.5 Å². The smallest absolute Gasteiger partial charge is 0.325 e. The molecule has 3 aliphatic heterocycles. The maximum Gasteiger partial charge on any atom is 0.325 e. The van der Waals surface area contributed by atoms with Gasteiger partial charge in [0.05, 0.1) is 13.2 Å². The molecule has 0 bridgehead atoms. The average molecular weight is 494 g/mol. The van der Waals surface area contributed by atoms with Crippen LogP contribution in [-0.4, -0.2) is 66.2 Å². The van der Waals surface area contributed by atoms with Gasteiger partial charge in [-0.25, -0.2) is 4.79 Å². The zero-order valence-corrected chi connectivity index (χ0v) is 21.1. The number of piperidine rings is 1. The Morgan fingerprint density at radius 2 is 1.75 bits per heavy atom. The third-order valence-electron chi connectivity index (χ3n) is 7.64. The molecule has 8 heteroatoms. The lowest BCUT2D eigenvalue weighted by molar-refractivity contribution is -0.135. The number of nitrogens with zero attached hydrogens (tertiary/aromatic N) is 2. The lowest BCUT2D eigenvalue weighted by Gasteiger charge is -2.40. The topological polar surface area (TPSA) is 80.3 Å². The standard InChI is InChI=1S/C28H35N3O5/c1-3-28(21-13-15-30(16-14-21)17-20-9-11-22(12-10-20)34-4-2)26(32)31(27(33)29-28)18-23-19-35-24-7-5-6-8-25(24)36-23/h5-12,21,23H,3-4,13-19H2,1-2H3,(H,29,33). The number of nitrogens with one attached hydrogen (secondary N) is 1. The molecule has 8 nitrogen and oxygen atoms in total. The molecule has 3 amide bonds. The average Bonchev–Trinajstić information content (AvgIpc) is 3.15. The molecular weight excluding hydrogens is 458 g/mol. The van der Waals surface area contributed by atoms with E-state index in [0.717, 1.165) is 38.2 Å². The fraction of sp³-hybridized carbons (Fsp3) is 0.500. The largest absolute Gasteiger partial charge is 0.494 e. The van der Waals surface area contributed by atoms with Crippen LogP contribution in [0.1, 0.15) is 38.7 Å². The van der Waals surface area contributed by atoms with Crippen LogP contribution in [0.4, 0.5) is 4.79 Å². The minimum atomic E-state index is -0.851. The van der Waals surface area contributed by atoms with Gasteiger partial charge in [0, 0.05) is 6.54 Å². The van der Waals surface area contributed by atoms with Crippen LogP contribution in [0.25, 0.3) is 0 Å². The molecule has 0 aromatic heterocycles. The molecule has 2 aromatic carbocycles. The van der Waals surface area contributed by atoms with Crippen LogP contribution in [-0.2, 0) is 11.3 Å². The van der Waals surface area contributed by atoms with Gasteiger partial charge in [-0.3, -0.25) is 14.6 Å². The van der Waals surface area contributed by atoms with E-state index in [2.05, 4.69) is 22.3 Å². The number of amides is 3. The van der Waals surface area contributed by atoms with E-state index in [1.165, 1.54) is 10.5 Å². The Morgan fingerprint density at radius 3 is 2.44 bits per heavy atom. The Bertz CT molecular complexity index is 1080. The van der Waals surface area contributed by atoms with E-state index in [-0.39, 0.29) is 24.4 Å². The van der Waals surface area contributed by atoms with Crippen molar-refractivity contribution in [1.29, 1.82) is 0 Å². The second-order valence-electron chi connectivity index (χ2n) is 9.80. The Labute approximate surface area is 212 Å². The molecule has 1 N–H and O–H groups in total. The number of imide groups is 1. The summed E-state index contributed by atoms with van der Waals surface area (Å²) >= 11 is 0. The number of hydrogen-bond donors (Lipinski definition) is 1. The van der Waals surface area contributed by atoms with E-state index in [0.29, 0.717) is 31.1 Å². The summed E-state index contributed by atoms with van der Waals surface area (Å²) in [6, 6.07) is 15.4. The SMILES string of the molecule is CCOc1ccc(CN2CCC(C3(CC)NC(=O)N(CC4COc5ccccc5O4)C3=O)CC2)cc1. The molecule has 0 radical (unpaired) electrons. The summed E-state index contributed by atoms with van der Waals surface area (Å²) in [6.07, 6.45) is 1.91. The van der Waals surface area contributed by atoms with Gasteiger partial charge in [0.15, 0.2) is 17.6 Å². The number of rotatable bonds is 8. The van der Waals surface area contributed by atoms with E-state index >= 15 is 0 Å². The Kier molecular flexibility index (Phi) is 7.05. The number of ether oxygens (including phenoxy) is 3. The monoisotopic (exact) mass is 493 g/mol. The minimum absolute atomic E-state index is 0.102. The Hall–Kier alpha value is -3.26. The lowest BCUT2D eigenvalue weighted by Crippen LogP contribution is -2.56. The first-order valence-electron chi connectivity index (χ1n) is 13.0.